The number of nitrogens with one attached hydrogen (secondary N) is 1. The summed E-state index contributed by atoms with van der Waals surface area (Å²) < 4.78 is 5.57. The van der Waals surface area contributed by atoms with Crippen LogP contribution >= 0.6 is 0 Å². The van der Waals surface area contributed by atoms with Crippen LogP contribution in [-0.4, -0.2) is 19.1 Å². The highest BCUT2D eigenvalue weighted by Gasteiger charge is 2.08. The normalized spacial score (nSPS) is 10.6. The average molecular weight is 263 g/mol. The molecule has 106 valence electrons. The Morgan fingerprint density at radius 1 is 1.26 bits per heavy atom. The van der Waals surface area contributed by atoms with Crippen molar-refractivity contribution in [1.82, 2.24) is 5.32 Å². The predicted octanol–water partition coefficient (Wildman–Crippen LogP) is 3.23. The minimum Gasteiger partial charge on any atom is -0.483 e. The van der Waals surface area contributed by atoms with Gasteiger partial charge in [0.25, 0.3) is 5.91 Å². The fourth-order valence-electron chi connectivity index (χ4n) is 1.91. The molecule has 19 heavy (non-hydrogen) atoms. The molecule has 0 atom stereocenters. The molecule has 1 rings (SSSR count). The second kappa shape index (κ2) is 7.82. The van der Waals surface area contributed by atoms with Gasteiger partial charge in [-0.3, -0.25) is 4.79 Å². The summed E-state index contributed by atoms with van der Waals surface area (Å²) in [7, 11) is 0. The molecule has 0 radical (unpaired) electrons. The zero-order valence-electron chi connectivity index (χ0n) is 12.5. The van der Waals surface area contributed by atoms with Gasteiger partial charge >= 0.3 is 0 Å². The zero-order valence-corrected chi connectivity index (χ0v) is 12.5. The van der Waals surface area contributed by atoms with Crippen LogP contribution in [0.5, 0.6) is 5.75 Å². The molecule has 3 heteroatoms. The Bertz CT molecular complexity index is 411. The molecule has 1 aromatic carbocycles. The first-order valence-electron chi connectivity index (χ1n) is 7.04. The molecule has 0 bridgehead atoms. The molecule has 1 amide bonds. The standard InChI is InChI=1S/C16H25NO2/c1-5-14(6-2)10-17-16(18)11-19-15-9-7-8-12(3)13(15)4/h7-9,14H,5-6,10-11H2,1-4H3,(H,17,18). The fourth-order valence-corrected chi connectivity index (χ4v) is 1.91. The topological polar surface area (TPSA) is 38.3 Å². The average Bonchev–Trinajstić information content (AvgIpc) is 2.41. The van der Waals surface area contributed by atoms with Crippen molar-refractivity contribution < 1.29 is 9.53 Å². The largest absolute Gasteiger partial charge is 0.483 e. The molecule has 0 aliphatic carbocycles. The van der Waals surface area contributed by atoms with E-state index in [1.54, 1.807) is 0 Å². The lowest BCUT2D eigenvalue weighted by Crippen LogP contribution is -2.32. The van der Waals surface area contributed by atoms with Gasteiger partial charge in [-0.15, -0.1) is 0 Å². The highest BCUT2D eigenvalue weighted by molar-refractivity contribution is 5.77. The molecule has 1 aromatic rings. The molecular weight excluding hydrogens is 238 g/mol. The molecule has 0 unspecified atom stereocenters. The van der Waals surface area contributed by atoms with Crippen molar-refractivity contribution >= 4 is 5.91 Å². The van der Waals surface area contributed by atoms with Gasteiger partial charge in [0.1, 0.15) is 5.75 Å². The van der Waals surface area contributed by atoms with Gasteiger partial charge in [-0.25, -0.2) is 0 Å². The van der Waals surface area contributed by atoms with Crippen LogP contribution in [0.4, 0.5) is 0 Å². The number of benzene rings is 1. The lowest BCUT2D eigenvalue weighted by atomic mass is 10.0. The van der Waals surface area contributed by atoms with E-state index < -0.39 is 0 Å². The second-order valence-electron chi connectivity index (χ2n) is 4.97. The molecule has 0 heterocycles. The minimum absolute atomic E-state index is 0.0483. The fraction of sp³-hybridized carbons (Fsp3) is 0.562. The van der Waals surface area contributed by atoms with E-state index in [2.05, 4.69) is 19.2 Å². The smallest absolute Gasteiger partial charge is 0.257 e. The van der Waals surface area contributed by atoms with Crippen LogP contribution in [-0.2, 0) is 4.79 Å². The summed E-state index contributed by atoms with van der Waals surface area (Å²) >= 11 is 0. The van der Waals surface area contributed by atoms with Gasteiger partial charge in [0.15, 0.2) is 6.61 Å². The lowest BCUT2D eigenvalue weighted by molar-refractivity contribution is -0.123. The number of hydrogen-bond donors (Lipinski definition) is 1. The van der Waals surface area contributed by atoms with Crippen molar-refractivity contribution in [2.24, 2.45) is 5.92 Å². The SMILES string of the molecule is CCC(CC)CNC(=O)COc1cccc(C)c1C. The van der Waals surface area contributed by atoms with E-state index in [-0.39, 0.29) is 12.5 Å². The quantitative estimate of drug-likeness (QED) is 0.820. The van der Waals surface area contributed by atoms with Crippen molar-refractivity contribution in [2.75, 3.05) is 13.2 Å². The maximum absolute atomic E-state index is 11.7. The third-order valence-electron chi connectivity index (χ3n) is 3.66. The van der Waals surface area contributed by atoms with E-state index in [1.165, 1.54) is 5.56 Å². The molecule has 0 aromatic heterocycles. The van der Waals surface area contributed by atoms with Gasteiger partial charge in [-0.1, -0.05) is 38.8 Å². The van der Waals surface area contributed by atoms with Gasteiger partial charge in [0.05, 0.1) is 0 Å². The maximum Gasteiger partial charge on any atom is 0.257 e. The monoisotopic (exact) mass is 263 g/mol. The van der Waals surface area contributed by atoms with Crippen LogP contribution < -0.4 is 10.1 Å². The molecule has 1 N–H and O–H groups in total. The van der Waals surface area contributed by atoms with E-state index in [4.69, 9.17) is 4.74 Å². The van der Waals surface area contributed by atoms with Crippen LogP contribution in [0, 0.1) is 19.8 Å². The predicted molar refractivity (Wildman–Crippen MR) is 78.5 cm³/mol. The number of hydrogen-bond acceptors (Lipinski definition) is 2. The van der Waals surface area contributed by atoms with Gasteiger partial charge < -0.3 is 10.1 Å². The first-order chi connectivity index (χ1) is 9.08. The Hall–Kier alpha value is -1.51. The Labute approximate surface area is 116 Å². The van der Waals surface area contributed by atoms with Crippen LogP contribution in [0.25, 0.3) is 0 Å². The maximum atomic E-state index is 11.7. The van der Waals surface area contributed by atoms with Crippen molar-refractivity contribution in [1.29, 1.82) is 0 Å². The molecule has 0 saturated carbocycles. The van der Waals surface area contributed by atoms with Crippen molar-refractivity contribution in [3.63, 3.8) is 0 Å². The van der Waals surface area contributed by atoms with E-state index >= 15 is 0 Å². The van der Waals surface area contributed by atoms with E-state index in [1.807, 2.05) is 32.0 Å². The summed E-state index contributed by atoms with van der Waals surface area (Å²) in [4.78, 5) is 11.7. The molecule has 0 aliphatic rings. The van der Waals surface area contributed by atoms with E-state index in [0.29, 0.717) is 5.92 Å². The van der Waals surface area contributed by atoms with Crippen LogP contribution in [0.15, 0.2) is 18.2 Å². The number of amides is 1. The number of carbonyl (C=O) groups excluding carboxylic acids is 1. The summed E-state index contributed by atoms with van der Waals surface area (Å²) in [6.45, 7) is 9.16. The number of carbonyl (C=O) groups is 1. The second-order valence-corrected chi connectivity index (χ2v) is 4.97. The third-order valence-corrected chi connectivity index (χ3v) is 3.66. The molecule has 0 fully saturated rings. The summed E-state index contributed by atoms with van der Waals surface area (Å²) in [5.74, 6) is 1.30. The minimum atomic E-state index is -0.0483. The Kier molecular flexibility index (Phi) is 6.40. The number of ether oxygens (including phenoxy) is 1. The van der Waals surface area contributed by atoms with Crippen LogP contribution in [0.2, 0.25) is 0 Å². The lowest BCUT2D eigenvalue weighted by Gasteiger charge is -2.14. The van der Waals surface area contributed by atoms with Crippen molar-refractivity contribution in [3.05, 3.63) is 29.3 Å². The van der Waals surface area contributed by atoms with E-state index in [9.17, 15) is 4.79 Å². The van der Waals surface area contributed by atoms with Crippen LogP contribution in [0.3, 0.4) is 0 Å². The molecule has 0 aliphatic heterocycles. The first-order valence-corrected chi connectivity index (χ1v) is 7.04. The third kappa shape index (κ3) is 4.93. The summed E-state index contributed by atoms with van der Waals surface area (Å²) in [5.41, 5.74) is 2.27. The molecular formula is C16H25NO2. The zero-order chi connectivity index (χ0) is 14.3. The van der Waals surface area contributed by atoms with Gasteiger partial charge in [0.2, 0.25) is 0 Å². The van der Waals surface area contributed by atoms with Gasteiger partial charge in [-0.2, -0.15) is 0 Å². The molecule has 0 saturated heterocycles. The van der Waals surface area contributed by atoms with Crippen LogP contribution in [0.1, 0.15) is 37.8 Å². The highest BCUT2D eigenvalue weighted by atomic mass is 16.5. The highest BCUT2D eigenvalue weighted by Crippen LogP contribution is 2.20. The van der Waals surface area contributed by atoms with Crippen molar-refractivity contribution in [2.45, 2.75) is 40.5 Å². The Morgan fingerprint density at radius 3 is 2.58 bits per heavy atom. The summed E-state index contributed by atoms with van der Waals surface area (Å²) in [6.07, 6.45) is 2.18. The Morgan fingerprint density at radius 2 is 1.95 bits per heavy atom. The number of rotatable bonds is 7. The van der Waals surface area contributed by atoms with Gasteiger partial charge in [-0.05, 0) is 37.0 Å². The Balaban J connectivity index is 2.40. The molecule has 0 spiro atoms. The molecule has 3 nitrogen and oxygen atoms in total. The summed E-state index contributed by atoms with van der Waals surface area (Å²) in [6, 6.07) is 5.88. The van der Waals surface area contributed by atoms with Crippen molar-refractivity contribution in [3.8, 4) is 5.75 Å². The first kappa shape index (κ1) is 15.5. The summed E-state index contributed by atoms with van der Waals surface area (Å²) in [5, 5.41) is 2.92. The van der Waals surface area contributed by atoms with Gasteiger partial charge in [0, 0.05) is 6.54 Å². The van der Waals surface area contributed by atoms with E-state index in [0.717, 1.165) is 30.7 Å². The number of aryl methyl sites for hydroxylation is 1.